The first-order chi connectivity index (χ1) is 26.9. The minimum Gasteiger partial charge on any atom is -0.460 e. The van der Waals surface area contributed by atoms with E-state index in [2.05, 4.69) is 0 Å². The maximum absolute atomic E-state index is 14.1. The Labute approximate surface area is 339 Å². The third-order valence-corrected chi connectivity index (χ3v) is 12.9. The van der Waals surface area contributed by atoms with Gasteiger partial charge in [-0.2, -0.15) is 0 Å². The van der Waals surface area contributed by atoms with E-state index in [1.807, 2.05) is 26.0 Å². The average molecular weight is 800 g/mol. The van der Waals surface area contributed by atoms with Gasteiger partial charge in [0.25, 0.3) is 11.7 Å². The number of ether oxygens (including phenoxy) is 2. The molecule has 2 saturated heterocycles. The van der Waals surface area contributed by atoms with Crippen molar-refractivity contribution >= 4 is 23.4 Å². The molecule has 0 spiro atoms. The van der Waals surface area contributed by atoms with Crippen LogP contribution in [-0.4, -0.2) is 109 Å². The lowest BCUT2D eigenvalue weighted by atomic mass is 9.80. The van der Waals surface area contributed by atoms with Gasteiger partial charge in [-0.25, -0.2) is 4.79 Å². The van der Waals surface area contributed by atoms with Crippen molar-refractivity contribution in [2.24, 2.45) is 29.6 Å². The van der Waals surface area contributed by atoms with Gasteiger partial charge in [0.05, 0.1) is 18.3 Å². The molecule has 320 valence electrons. The smallest absolute Gasteiger partial charge is 0.329 e. The van der Waals surface area contributed by atoms with Gasteiger partial charge in [0, 0.05) is 31.2 Å². The summed E-state index contributed by atoms with van der Waals surface area (Å²) in [6.07, 6.45) is 11.8. The van der Waals surface area contributed by atoms with Crippen molar-refractivity contribution in [3.05, 3.63) is 47.6 Å². The summed E-state index contributed by atoms with van der Waals surface area (Å²) in [5.74, 6) is -6.89. The van der Waals surface area contributed by atoms with Gasteiger partial charge in [0.1, 0.15) is 24.4 Å². The van der Waals surface area contributed by atoms with Gasteiger partial charge in [-0.05, 0) is 113 Å². The molecule has 1 saturated carbocycles. The van der Waals surface area contributed by atoms with E-state index in [4.69, 9.17) is 9.47 Å². The van der Waals surface area contributed by atoms with Gasteiger partial charge < -0.3 is 39.9 Å². The molecule has 1 aliphatic carbocycles. The third kappa shape index (κ3) is 12.5. The van der Waals surface area contributed by atoms with Gasteiger partial charge in [-0.3, -0.25) is 14.4 Å². The standard InChI is InChI=1S/C45H69NO11/c1-27-12-8-7-9-13-28(2)37(48)26-35-21-16-32(6)45(55,57-35)42(52)43(53)46-23-11-10-14-36(46)44(54)56-38(30(4)25-33-17-19-34(47)20-18-33)22-15-29(3)39(49)41(51)40(50)31(5)24-27/h7-9,12-13,15,27,30-39,41,47-49,51,55H,10-11,14,16-26H2,1-6H3/b9-7+,12-8+,28-13+,29-15+/t27-,30-,31-,32-,33-,34-,35+,36+,37+,38+,39-,41-,45-/m1/s1. The quantitative estimate of drug-likeness (QED) is 0.146. The Hall–Kier alpha value is -3.00. The zero-order valence-corrected chi connectivity index (χ0v) is 34.9. The zero-order valence-electron chi connectivity index (χ0n) is 34.9. The van der Waals surface area contributed by atoms with Gasteiger partial charge in [-0.1, -0.05) is 64.2 Å². The largest absolute Gasteiger partial charge is 0.460 e. The van der Waals surface area contributed by atoms with Crippen LogP contribution in [0.2, 0.25) is 0 Å². The molecule has 0 aromatic carbocycles. The highest BCUT2D eigenvalue weighted by Gasteiger charge is 2.53. The van der Waals surface area contributed by atoms with Gasteiger partial charge >= 0.3 is 5.97 Å². The van der Waals surface area contributed by atoms with Gasteiger partial charge in [0.15, 0.2) is 5.78 Å². The number of Topliss-reactive ketones (excluding diaryl/α,β-unsaturated/α-hetero) is 2. The number of esters is 1. The van der Waals surface area contributed by atoms with Gasteiger partial charge in [-0.15, -0.1) is 0 Å². The molecule has 1 amide bonds. The van der Waals surface area contributed by atoms with Crippen molar-refractivity contribution in [3.8, 4) is 0 Å². The molecule has 12 heteroatoms. The van der Waals surface area contributed by atoms with E-state index in [1.54, 1.807) is 52.0 Å². The molecule has 5 N–H and O–H groups in total. The third-order valence-electron chi connectivity index (χ3n) is 12.9. The number of carbonyl (C=O) groups excluding carboxylic acids is 4. The first kappa shape index (κ1) is 46.7. The Kier molecular flexibility index (Phi) is 17.5. The summed E-state index contributed by atoms with van der Waals surface area (Å²) in [4.78, 5) is 56.5. The maximum atomic E-state index is 14.1. The summed E-state index contributed by atoms with van der Waals surface area (Å²) in [5.41, 5.74) is 0.989. The molecule has 0 aromatic heterocycles. The minimum atomic E-state index is -2.44. The molecule has 3 aliphatic heterocycles. The van der Waals surface area contributed by atoms with Crippen LogP contribution in [0.1, 0.15) is 125 Å². The Morgan fingerprint density at radius 3 is 2.25 bits per heavy atom. The molecule has 0 aromatic rings. The molecule has 2 bridgehead atoms. The molecule has 57 heavy (non-hydrogen) atoms. The molecule has 0 unspecified atom stereocenters. The number of allylic oxidation sites excluding steroid dienone is 5. The lowest BCUT2D eigenvalue weighted by Crippen LogP contribution is -2.60. The second kappa shape index (κ2) is 21.3. The predicted octanol–water partition coefficient (Wildman–Crippen LogP) is 5.04. The van der Waals surface area contributed by atoms with Crippen molar-refractivity contribution < 1.29 is 54.2 Å². The molecular formula is C45H69NO11. The Balaban J connectivity index is 1.65. The first-order valence-electron chi connectivity index (χ1n) is 21.3. The fraction of sp³-hybridized carbons (Fsp3) is 0.733. The number of piperidine rings is 1. The highest BCUT2D eigenvalue weighted by Crippen LogP contribution is 2.37. The Bertz CT molecular complexity index is 1510. The molecular weight excluding hydrogens is 730 g/mol. The van der Waals surface area contributed by atoms with E-state index in [9.17, 15) is 44.7 Å². The zero-order chi connectivity index (χ0) is 42.0. The highest BCUT2D eigenvalue weighted by atomic mass is 16.6. The lowest BCUT2D eigenvalue weighted by molar-refractivity contribution is -0.265. The normalized spacial score (nSPS) is 41.3. The van der Waals surface area contributed by atoms with Crippen LogP contribution < -0.4 is 0 Å². The molecule has 4 aliphatic rings. The van der Waals surface area contributed by atoms with Crippen LogP contribution in [0.3, 0.4) is 0 Å². The second-order valence-corrected chi connectivity index (χ2v) is 17.6. The summed E-state index contributed by atoms with van der Waals surface area (Å²) in [6.45, 7) is 10.8. The van der Waals surface area contributed by atoms with E-state index >= 15 is 0 Å². The van der Waals surface area contributed by atoms with Crippen molar-refractivity contribution in [2.75, 3.05) is 6.54 Å². The molecule has 3 fully saturated rings. The van der Waals surface area contributed by atoms with Gasteiger partial charge in [0.2, 0.25) is 5.79 Å². The molecule has 12 nitrogen and oxygen atoms in total. The SMILES string of the molecule is C/C1=C\C[C@@H]([C@H](C)C[C@H]2CC[C@H](O)CC2)OC(=O)[C@@H]2CCCCN2C(=O)C(=O)[C@]2(O)O[C@@H](CC[C@H]2C)C[C@H](O)/C(C)=C/C=C/C=C/[C@@H](C)C[C@@H](C)C(=O)[C@H](O)[C@@H]1O. The summed E-state index contributed by atoms with van der Waals surface area (Å²) in [7, 11) is 0. The Morgan fingerprint density at radius 1 is 0.842 bits per heavy atom. The van der Waals surface area contributed by atoms with Crippen molar-refractivity contribution in [3.63, 3.8) is 0 Å². The number of amides is 1. The molecule has 11 atom stereocenters. The molecule has 0 radical (unpaired) electrons. The van der Waals surface area contributed by atoms with E-state index in [1.165, 1.54) is 4.90 Å². The fourth-order valence-corrected chi connectivity index (χ4v) is 8.83. The van der Waals surface area contributed by atoms with Crippen molar-refractivity contribution in [2.45, 2.75) is 173 Å². The number of nitrogens with zero attached hydrogens (tertiary/aromatic N) is 1. The van der Waals surface area contributed by atoms with Crippen molar-refractivity contribution in [1.82, 2.24) is 4.90 Å². The topological polar surface area (TPSA) is 191 Å². The van der Waals surface area contributed by atoms with E-state index in [-0.39, 0.29) is 43.7 Å². The van der Waals surface area contributed by atoms with Crippen LogP contribution in [0.25, 0.3) is 0 Å². The van der Waals surface area contributed by atoms with Crippen LogP contribution in [-0.2, 0) is 28.7 Å². The fourth-order valence-electron chi connectivity index (χ4n) is 8.83. The van der Waals surface area contributed by atoms with Crippen LogP contribution >= 0.6 is 0 Å². The van der Waals surface area contributed by atoms with E-state index in [0.717, 1.165) is 12.8 Å². The highest BCUT2D eigenvalue weighted by molar-refractivity contribution is 6.39. The van der Waals surface area contributed by atoms with Crippen LogP contribution in [0.15, 0.2) is 47.6 Å². The molecule has 4 rings (SSSR count). The number of aliphatic hydroxyl groups is 5. The first-order valence-corrected chi connectivity index (χ1v) is 21.3. The van der Waals surface area contributed by atoms with Crippen molar-refractivity contribution in [1.29, 1.82) is 0 Å². The average Bonchev–Trinajstić information content (AvgIpc) is 3.19. The number of hydrogen-bond donors (Lipinski definition) is 5. The summed E-state index contributed by atoms with van der Waals surface area (Å²) in [6, 6.07) is -1.08. The predicted molar refractivity (Wildman–Crippen MR) is 215 cm³/mol. The van der Waals surface area contributed by atoms with Crippen LogP contribution in [0.4, 0.5) is 0 Å². The van der Waals surface area contributed by atoms with Crippen LogP contribution in [0.5, 0.6) is 0 Å². The number of hydrogen-bond acceptors (Lipinski definition) is 11. The maximum Gasteiger partial charge on any atom is 0.329 e. The minimum absolute atomic E-state index is 0.0171. The lowest BCUT2D eigenvalue weighted by Gasteiger charge is -2.42. The van der Waals surface area contributed by atoms with E-state index in [0.29, 0.717) is 68.4 Å². The summed E-state index contributed by atoms with van der Waals surface area (Å²) >= 11 is 0. The number of ketones is 2. The number of carbonyl (C=O) groups is 4. The van der Waals surface area contributed by atoms with E-state index < -0.39 is 77.6 Å². The monoisotopic (exact) mass is 799 g/mol. The number of rotatable bonds is 3. The summed E-state index contributed by atoms with van der Waals surface area (Å²) < 4.78 is 12.2. The summed E-state index contributed by atoms with van der Waals surface area (Å²) in [5, 5.41) is 54.9. The molecule has 3 heterocycles. The number of aliphatic hydroxyl groups excluding tert-OH is 4. The van der Waals surface area contributed by atoms with Crippen LogP contribution in [0, 0.1) is 29.6 Å². The number of cyclic esters (lactones) is 1. The second-order valence-electron chi connectivity index (χ2n) is 17.6. The number of fused-ring (bicyclic) bond motifs is 3. The Morgan fingerprint density at radius 2 is 1.54 bits per heavy atom.